The number of Topliss-reactive ketones (excluding diaryl/α,β-unsaturated/α-hetero) is 1. The van der Waals surface area contributed by atoms with E-state index in [1.165, 1.54) is 11.3 Å². The van der Waals surface area contributed by atoms with Crippen LogP contribution in [0.2, 0.25) is 0 Å². The van der Waals surface area contributed by atoms with Crippen LogP contribution in [-0.2, 0) is 0 Å². The van der Waals surface area contributed by atoms with Crippen LogP contribution in [0.1, 0.15) is 36.3 Å². The lowest BCUT2D eigenvalue weighted by Gasteiger charge is -2.31. The van der Waals surface area contributed by atoms with Crippen molar-refractivity contribution in [3.8, 4) is 0 Å². The predicted molar refractivity (Wildman–Crippen MR) is 85.9 cm³/mol. The Balaban J connectivity index is 1.82. The number of rotatable bonds is 3. The van der Waals surface area contributed by atoms with Crippen LogP contribution < -0.4 is 4.90 Å². The first-order valence-electron chi connectivity index (χ1n) is 7.98. The Bertz CT molecular complexity index is 648. The number of piperidine rings is 1. The third kappa shape index (κ3) is 2.88. The number of fused-ring (bicyclic) bond motifs is 1. The highest BCUT2D eigenvalue weighted by Gasteiger charge is 2.28. The molecule has 3 heteroatoms. The molecule has 21 heavy (non-hydrogen) atoms. The molecule has 0 radical (unpaired) electrons. The predicted octanol–water partition coefficient (Wildman–Crippen LogP) is 2.22. The number of ketones is 1. The molecule has 1 fully saturated rings. The molecule has 3 atom stereocenters. The fourth-order valence-corrected chi connectivity index (χ4v) is 4.02. The van der Waals surface area contributed by atoms with E-state index in [2.05, 4.69) is 18.8 Å². The Labute approximate surface area is 126 Å². The average Bonchev–Trinajstić information content (AvgIpc) is 2.73. The van der Waals surface area contributed by atoms with Gasteiger partial charge in [0.15, 0.2) is 0 Å². The minimum atomic E-state index is 0.279. The lowest BCUT2D eigenvalue weighted by atomic mass is 9.91. The van der Waals surface area contributed by atoms with E-state index in [1.807, 2.05) is 31.2 Å². The molecule has 1 aliphatic rings. The molecule has 3 nitrogen and oxygen atoms in total. The van der Waals surface area contributed by atoms with Crippen LogP contribution in [0.4, 0.5) is 0 Å². The fourth-order valence-electron chi connectivity index (χ4n) is 4.02. The normalized spacial score (nSPS) is 26.1. The van der Waals surface area contributed by atoms with Gasteiger partial charge in [0.25, 0.3) is 0 Å². The first-order valence-corrected chi connectivity index (χ1v) is 7.98. The number of carbonyl (C=O) groups excluding carboxylic acids is 1. The number of carbonyl (C=O) groups is 1. The van der Waals surface area contributed by atoms with Crippen molar-refractivity contribution in [1.82, 2.24) is 4.98 Å². The highest BCUT2D eigenvalue weighted by Crippen LogP contribution is 2.22. The number of likely N-dealkylation sites (tertiary alicyclic amines) is 1. The minimum Gasteiger partial charge on any atom is -0.358 e. The lowest BCUT2D eigenvalue weighted by molar-refractivity contribution is -0.903. The molecule has 3 rings (SSSR count). The molecule has 1 aromatic carbocycles. The topological polar surface area (TPSA) is 37.3 Å². The summed E-state index contributed by atoms with van der Waals surface area (Å²) in [5.41, 5.74) is 2.96. The maximum absolute atomic E-state index is 12.8. The van der Waals surface area contributed by atoms with Crippen LogP contribution in [-0.4, -0.2) is 30.4 Å². The van der Waals surface area contributed by atoms with Gasteiger partial charge in [-0.15, -0.1) is 0 Å². The zero-order valence-corrected chi connectivity index (χ0v) is 13.2. The van der Waals surface area contributed by atoms with Crippen molar-refractivity contribution in [1.29, 1.82) is 0 Å². The molecule has 0 bridgehead atoms. The summed E-state index contributed by atoms with van der Waals surface area (Å²) in [6.07, 6.45) is 1.30. The van der Waals surface area contributed by atoms with Crippen molar-refractivity contribution in [2.75, 3.05) is 19.6 Å². The molecular formula is C18H25N2O+. The average molecular weight is 285 g/mol. The van der Waals surface area contributed by atoms with Crippen LogP contribution in [0.3, 0.4) is 0 Å². The number of para-hydroxylation sites is 1. The van der Waals surface area contributed by atoms with Gasteiger partial charge in [-0.1, -0.05) is 32.0 Å². The minimum absolute atomic E-state index is 0.279. The van der Waals surface area contributed by atoms with Crippen molar-refractivity contribution < 1.29 is 9.69 Å². The van der Waals surface area contributed by atoms with Crippen LogP contribution in [0.25, 0.3) is 10.9 Å². The molecule has 1 aliphatic heterocycles. The second-order valence-electron chi connectivity index (χ2n) is 6.87. The number of aryl methyl sites for hydroxylation is 1. The molecule has 2 aromatic rings. The van der Waals surface area contributed by atoms with Gasteiger partial charge < -0.3 is 9.88 Å². The third-order valence-electron chi connectivity index (χ3n) is 4.66. The van der Waals surface area contributed by atoms with E-state index in [-0.39, 0.29) is 5.78 Å². The number of benzene rings is 1. The summed E-state index contributed by atoms with van der Waals surface area (Å²) in [6.45, 7) is 9.48. The Morgan fingerprint density at radius 3 is 2.62 bits per heavy atom. The van der Waals surface area contributed by atoms with Crippen molar-refractivity contribution in [3.63, 3.8) is 0 Å². The van der Waals surface area contributed by atoms with Gasteiger partial charge in [-0.25, -0.2) is 0 Å². The van der Waals surface area contributed by atoms with Gasteiger partial charge in [0.1, 0.15) is 6.54 Å². The number of nitrogens with one attached hydrogen (secondary N) is 2. The molecule has 0 spiro atoms. The summed E-state index contributed by atoms with van der Waals surface area (Å²) in [5, 5.41) is 1.07. The molecule has 2 N–H and O–H groups in total. The van der Waals surface area contributed by atoms with E-state index in [1.54, 1.807) is 0 Å². The van der Waals surface area contributed by atoms with Crippen molar-refractivity contribution in [3.05, 3.63) is 35.5 Å². The standard InChI is InChI=1S/C18H24N2O/c1-12-8-13(2)10-20(9-12)11-17(21)18-14(3)19-16-7-5-4-6-15(16)18/h4-7,12-13,19H,8-11H2,1-3H3/p+1/t12-,13+. The summed E-state index contributed by atoms with van der Waals surface area (Å²) in [4.78, 5) is 17.6. The van der Waals surface area contributed by atoms with E-state index in [4.69, 9.17) is 0 Å². The van der Waals surface area contributed by atoms with Gasteiger partial charge in [-0.05, 0) is 19.4 Å². The molecule has 2 heterocycles. The van der Waals surface area contributed by atoms with E-state index in [9.17, 15) is 4.79 Å². The van der Waals surface area contributed by atoms with Gasteiger partial charge in [-0.2, -0.15) is 0 Å². The molecular weight excluding hydrogens is 260 g/mol. The molecule has 0 amide bonds. The van der Waals surface area contributed by atoms with E-state index in [0.717, 1.165) is 47.1 Å². The SMILES string of the molecule is Cc1[nH]c2ccccc2c1C(=O)C[NH+]1C[C@H](C)C[C@H](C)C1. The van der Waals surface area contributed by atoms with Gasteiger partial charge >= 0.3 is 0 Å². The first-order chi connectivity index (χ1) is 10.0. The summed E-state index contributed by atoms with van der Waals surface area (Å²) < 4.78 is 0. The second-order valence-corrected chi connectivity index (χ2v) is 6.87. The van der Waals surface area contributed by atoms with Gasteiger partial charge in [0, 0.05) is 28.4 Å². The maximum Gasteiger partial charge on any atom is 0.219 e. The highest BCUT2D eigenvalue weighted by molar-refractivity contribution is 6.09. The summed E-state index contributed by atoms with van der Waals surface area (Å²) in [6, 6.07) is 8.09. The number of aromatic nitrogens is 1. The zero-order valence-electron chi connectivity index (χ0n) is 13.2. The number of hydrogen-bond donors (Lipinski definition) is 2. The number of aromatic amines is 1. The first kappa shape index (κ1) is 14.3. The van der Waals surface area contributed by atoms with Crippen molar-refractivity contribution in [2.24, 2.45) is 11.8 Å². The Morgan fingerprint density at radius 2 is 1.90 bits per heavy atom. The Kier molecular flexibility index (Phi) is 3.85. The van der Waals surface area contributed by atoms with Gasteiger partial charge in [0.05, 0.1) is 18.7 Å². The summed E-state index contributed by atoms with van der Waals surface area (Å²) in [7, 11) is 0. The van der Waals surface area contributed by atoms with Gasteiger partial charge in [0.2, 0.25) is 5.78 Å². The van der Waals surface area contributed by atoms with Crippen molar-refractivity contribution >= 4 is 16.7 Å². The Morgan fingerprint density at radius 1 is 1.24 bits per heavy atom. The maximum atomic E-state index is 12.8. The van der Waals surface area contributed by atoms with Gasteiger partial charge in [-0.3, -0.25) is 4.79 Å². The Hall–Kier alpha value is -1.61. The fraction of sp³-hybridized carbons (Fsp3) is 0.500. The molecule has 0 saturated carbocycles. The van der Waals surface area contributed by atoms with Crippen LogP contribution >= 0.6 is 0 Å². The van der Waals surface area contributed by atoms with E-state index >= 15 is 0 Å². The zero-order chi connectivity index (χ0) is 15.0. The van der Waals surface area contributed by atoms with Crippen LogP contribution in [0.5, 0.6) is 0 Å². The molecule has 1 aromatic heterocycles. The second kappa shape index (κ2) is 5.64. The van der Waals surface area contributed by atoms with Crippen LogP contribution in [0.15, 0.2) is 24.3 Å². The van der Waals surface area contributed by atoms with E-state index < -0.39 is 0 Å². The van der Waals surface area contributed by atoms with Crippen molar-refractivity contribution in [2.45, 2.75) is 27.2 Å². The summed E-state index contributed by atoms with van der Waals surface area (Å²) >= 11 is 0. The van der Waals surface area contributed by atoms with Crippen LogP contribution in [0, 0.1) is 18.8 Å². The number of quaternary nitrogens is 1. The molecule has 112 valence electrons. The molecule has 0 aliphatic carbocycles. The summed E-state index contributed by atoms with van der Waals surface area (Å²) in [5.74, 6) is 1.72. The molecule has 1 unspecified atom stereocenters. The molecule has 1 saturated heterocycles. The number of hydrogen-bond acceptors (Lipinski definition) is 1. The monoisotopic (exact) mass is 285 g/mol. The smallest absolute Gasteiger partial charge is 0.219 e. The highest BCUT2D eigenvalue weighted by atomic mass is 16.1. The quantitative estimate of drug-likeness (QED) is 0.834. The largest absolute Gasteiger partial charge is 0.358 e. The third-order valence-corrected chi connectivity index (χ3v) is 4.66. The number of H-pyrrole nitrogens is 1. The van der Waals surface area contributed by atoms with E-state index in [0.29, 0.717) is 6.54 Å². The lowest BCUT2D eigenvalue weighted by Crippen LogP contribution is -3.15.